The van der Waals surface area contributed by atoms with Crippen molar-refractivity contribution < 1.29 is 4.74 Å². The van der Waals surface area contributed by atoms with Gasteiger partial charge in [0, 0.05) is 6.54 Å². The third-order valence-corrected chi connectivity index (χ3v) is 1.42. The zero-order valence-corrected chi connectivity index (χ0v) is 6.39. The zero-order valence-electron chi connectivity index (χ0n) is 6.39. The lowest BCUT2D eigenvalue weighted by Gasteiger charge is -2.15. The van der Waals surface area contributed by atoms with Crippen LogP contribution in [-0.2, 0) is 4.74 Å². The molecule has 1 saturated heterocycles. The molecular formula is C7H14N2O. The van der Waals surface area contributed by atoms with Crippen LogP contribution < -0.4 is 5.43 Å². The molecule has 0 spiro atoms. The lowest BCUT2D eigenvalue weighted by molar-refractivity contribution is 0.158. The number of hydrogen-bond donors (Lipinski definition) is 1. The van der Waals surface area contributed by atoms with E-state index in [1.807, 2.05) is 0 Å². The van der Waals surface area contributed by atoms with E-state index in [0.717, 1.165) is 25.5 Å². The van der Waals surface area contributed by atoms with Gasteiger partial charge >= 0.3 is 0 Å². The highest BCUT2D eigenvalue weighted by Crippen LogP contribution is 1.93. The Hall–Kier alpha value is -0.570. The topological polar surface area (TPSA) is 33.6 Å². The molecule has 10 heavy (non-hydrogen) atoms. The predicted octanol–water partition coefficient (Wildman–Crippen LogP) is 0.762. The molecule has 0 saturated carbocycles. The zero-order chi connectivity index (χ0) is 7.23. The van der Waals surface area contributed by atoms with Gasteiger partial charge in [0.05, 0.1) is 18.9 Å². The number of nitrogens with zero attached hydrogens (tertiary/aromatic N) is 1. The van der Waals surface area contributed by atoms with E-state index in [4.69, 9.17) is 4.74 Å². The molecule has 1 heterocycles. The van der Waals surface area contributed by atoms with Crippen molar-refractivity contribution in [2.75, 3.05) is 19.8 Å². The van der Waals surface area contributed by atoms with E-state index >= 15 is 0 Å². The quantitative estimate of drug-likeness (QED) is 0.464. The maximum absolute atomic E-state index is 4.92. The van der Waals surface area contributed by atoms with Crippen molar-refractivity contribution in [3.05, 3.63) is 0 Å². The molecule has 3 heteroatoms. The maximum Gasteiger partial charge on any atom is 0.0895 e. The highest BCUT2D eigenvalue weighted by molar-refractivity contribution is 5.90. The van der Waals surface area contributed by atoms with E-state index in [2.05, 4.69) is 17.5 Å². The van der Waals surface area contributed by atoms with E-state index in [1.165, 1.54) is 12.8 Å². The van der Waals surface area contributed by atoms with Gasteiger partial charge in [-0.2, -0.15) is 5.10 Å². The molecule has 1 aliphatic rings. The monoisotopic (exact) mass is 142 g/mol. The molecule has 1 aliphatic heterocycles. The summed E-state index contributed by atoms with van der Waals surface area (Å²) in [5, 5.41) is 4.11. The molecule has 0 aromatic rings. The Balaban J connectivity index is 1.93. The number of nitrogens with one attached hydrogen (secondary N) is 1. The van der Waals surface area contributed by atoms with Gasteiger partial charge in [0.15, 0.2) is 0 Å². The van der Waals surface area contributed by atoms with Gasteiger partial charge in [-0.05, 0) is 6.42 Å². The van der Waals surface area contributed by atoms with Gasteiger partial charge in [-0.15, -0.1) is 0 Å². The van der Waals surface area contributed by atoms with Gasteiger partial charge in [0.25, 0.3) is 0 Å². The van der Waals surface area contributed by atoms with Crippen molar-refractivity contribution in [1.29, 1.82) is 0 Å². The molecule has 0 atom stereocenters. The molecule has 1 N–H and O–H groups in total. The molecule has 0 radical (unpaired) electrons. The van der Waals surface area contributed by atoms with Crippen molar-refractivity contribution in [3.8, 4) is 0 Å². The Morgan fingerprint density at radius 2 is 2.40 bits per heavy atom. The van der Waals surface area contributed by atoms with Crippen LogP contribution in [-0.4, -0.2) is 25.5 Å². The first-order valence-corrected chi connectivity index (χ1v) is 3.79. The lowest BCUT2D eigenvalue weighted by atomic mass is 10.3. The summed E-state index contributed by atoms with van der Waals surface area (Å²) in [7, 11) is 0. The lowest BCUT2D eigenvalue weighted by Crippen LogP contribution is -2.30. The predicted molar refractivity (Wildman–Crippen MR) is 41.2 cm³/mol. The van der Waals surface area contributed by atoms with E-state index in [0.29, 0.717) is 0 Å². The number of unbranched alkanes of at least 4 members (excludes halogenated alkanes) is 1. The normalized spacial score (nSPS) is 16.3. The first-order valence-electron chi connectivity index (χ1n) is 3.79. The summed E-state index contributed by atoms with van der Waals surface area (Å²) in [5.41, 5.74) is 4.13. The summed E-state index contributed by atoms with van der Waals surface area (Å²) < 4.78 is 4.92. The summed E-state index contributed by atoms with van der Waals surface area (Å²) in [6, 6.07) is 0. The number of ether oxygens (including phenoxy) is 1. The van der Waals surface area contributed by atoms with Gasteiger partial charge in [0.1, 0.15) is 0 Å². The number of hydrazone groups is 1. The number of rotatable bonds is 4. The molecular weight excluding hydrogens is 128 g/mol. The average molecular weight is 142 g/mol. The Morgan fingerprint density at radius 1 is 1.60 bits per heavy atom. The van der Waals surface area contributed by atoms with Crippen LogP contribution in [0.5, 0.6) is 0 Å². The summed E-state index contributed by atoms with van der Waals surface area (Å²) in [6.07, 6.45) is 2.41. The standard InChI is InChI=1S/C7H14N2O/c1-2-3-4-8-9-7-5-10-6-7/h8H,2-6H2,1H3. The van der Waals surface area contributed by atoms with Crippen LogP contribution in [0.3, 0.4) is 0 Å². The van der Waals surface area contributed by atoms with Crippen molar-refractivity contribution in [2.24, 2.45) is 5.10 Å². The average Bonchev–Trinajstić information content (AvgIpc) is 1.84. The van der Waals surface area contributed by atoms with Crippen LogP contribution in [0.4, 0.5) is 0 Å². The molecule has 1 fully saturated rings. The van der Waals surface area contributed by atoms with Gasteiger partial charge in [0.2, 0.25) is 0 Å². The summed E-state index contributed by atoms with van der Waals surface area (Å²) in [6.45, 7) is 4.60. The van der Waals surface area contributed by atoms with Crippen LogP contribution in [0, 0.1) is 0 Å². The van der Waals surface area contributed by atoms with Crippen molar-refractivity contribution in [3.63, 3.8) is 0 Å². The Morgan fingerprint density at radius 3 is 2.90 bits per heavy atom. The minimum atomic E-state index is 0.721. The van der Waals surface area contributed by atoms with E-state index in [-0.39, 0.29) is 0 Å². The van der Waals surface area contributed by atoms with Crippen LogP contribution in [0.2, 0.25) is 0 Å². The molecule has 3 nitrogen and oxygen atoms in total. The smallest absolute Gasteiger partial charge is 0.0895 e. The Labute approximate surface area is 61.5 Å². The SMILES string of the molecule is CCCCNN=C1COC1. The second-order valence-electron chi connectivity index (χ2n) is 2.43. The molecule has 0 aromatic heterocycles. The molecule has 1 rings (SSSR count). The first kappa shape index (κ1) is 7.54. The van der Waals surface area contributed by atoms with Gasteiger partial charge in [-0.1, -0.05) is 13.3 Å². The molecule has 0 unspecified atom stereocenters. The highest BCUT2D eigenvalue weighted by atomic mass is 16.5. The highest BCUT2D eigenvalue weighted by Gasteiger charge is 2.09. The summed E-state index contributed by atoms with van der Waals surface area (Å²) >= 11 is 0. The fourth-order valence-electron chi connectivity index (χ4n) is 0.681. The molecule has 0 amide bonds. The second kappa shape index (κ2) is 4.28. The summed E-state index contributed by atoms with van der Waals surface area (Å²) in [4.78, 5) is 0. The first-order chi connectivity index (χ1) is 4.93. The van der Waals surface area contributed by atoms with Crippen molar-refractivity contribution in [2.45, 2.75) is 19.8 Å². The molecule has 0 aromatic carbocycles. The van der Waals surface area contributed by atoms with E-state index < -0.39 is 0 Å². The van der Waals surface area contributed by atoms with Gasteiger partial charge < -0.3 is 10.2 Å². The second-order valence-corrected chi connectivity index (χ2v) is 2.43. The van der Waals surface area contributed by atoms with Crippen LogP contribution in [0.15, 0.2) is 5.10 Å². The fourth-order valence-corrected chi connectivity index (χ4v) is 0.681. The Kier molecular flexibility index (Phi) is 3.22. The van der Waals surface area contributed by atoms with Gasteiger partial charge in [-0.3, -0.25) is 0 Å². The van der Waals surface area contributed by atoms with Crippen LogP contribution in [0.1, 0.15) is 19.8 Å². The largest absolute Gasteiger partial charge is 0.369 e. The molecule has 0 aliphatic carbocycles. The van der Waals surface area contributed by atoms with Crippen molar-refractivity contribution >= 4 is 5.71 Å². The molecule has 0 bridgehead atoms. The van der Waals surface area contributed by atoms with Gasteiger partial charge in [-0.25, -0.2) is 0 Å². The van der Waals surface area contributed by atoms with E-state index in [9.17, 15) is 0 Å². The van der Waals surface area contributed by atoms with Crippen LogP contribution >= 0.6 is 0 Å². The van der Waals surface area contributed by atoms with E-state index in [1.54, 1.807) is 0 Å². The van der Waals surface area contributed by atoms with Crippen LogP contribution in [0.25, 0.3) is 0 Å². The minimum Gasteiger partial charge on any atom is -0.369 e. The fraction of sp³-hybridized carbons (Fsp3) is 0.857. The molecule has 58 valence electrons. The minimum absolute atomic E-state index is 0.721. The number of hydrogen-bond acceptors (Lipinski definition) is 3. The third kappa shape index (κ3) is 2.35. The third-order valence-electron chi connectivity index (χ3n) is 1.42. The maximum atomic E-state index is 4.92. The van der Waals surface area contributed by atoms with Crippen molar-refractivity contribution in [1.82, 2.24) is 5.43 Å². The Bertz CT molecular complexity index is 117. The summed E-state index contributed by atoms with van der Waals surface area (Å²) in [5.74, 6) is 0.